The summed E-state index contributed by atoms with van der Waals surface area (Å²) in [5.41, 5.74) is 2.23. The lowest BCUT2D eigenvalue weighted by molar-refractivity contribution is -0.126. The molecule has 0 saturated heterocycles. The summed E-state index contributed by atoms with van der Waals surface area (Å²) < 4.78 is 0. The second kappa shape index (κ2) is 8.15. The highest BCUT2D eigenvalue weighted by Gasteiger charge is 2.24. The molecule has 0 saturated carbocycles. The monoisotopic (exact) mass is 394 g/mol. The van der Waals surface area contributed by atoms with Crippen molar-refractivity contribution in [1.29, 1.82) is 0 Å². The minimum absolute atomic E-state index is 0.103. The van der Waals surface area contributed by atoms with E-state index in [4.69, 9.17) is 11.6 Å². The number of nitrogens with zero attached hydrogens (tertiary/aromatic N) is 2. The predicted molar refractivity (Wildman–Crippen MR) is 114 cm³/mol. The summed E-state index contributed by atoms with van der Waals surface area (Å²) in [5.74, 6) is 0.875. The van der Waals surface area contributed by atoms with Gasteiger partial charge < -0.3 is 0 Å². The molecule has 1 aliphatic heterocycles. The van der Waals surface area contributed by atoms with Gasteiger partial charge in [0.05, 0.1) is 13.0 Å². The number of amides is 1. The standard InChI is InChI=1S/C22H19ClN2OS/c23-19-10-8-16(9-11-19)15-27-22-24-12-13-25(22)21(26)14-18-6-3-5-17-4-1-2-7-20(17)18/h1-11H,12-15H2. The highest BCUT2D eigenvalue weighted by Crippen LogP contribution is 2.23. The van der Waals surface area contributed by atoms with Crippen molar-refractivity contribution in [2.75, 3.05) is 13.1 Å². The number of benzene rings is 3. The molecule has 0 fully saturated rings. The normalized spacial score (nSPS) is 13.8. The van der Waals surface area contributed by atoms with Crippen molar-refractivity contribution in [2.45, 2.75) is 12.2 Å². The Labute approximate surface area is 168 Å². The number of hydrogen-bond donors (Lipinski definition) is 0. The first-order valence-electron chi connectivity index (χ1n) is 8.89. The summed E-state index contributed by atoms with van der Waals surface area (Å²) in [4.78, 5) is 19.3. The van der Waals surface area contributed by atoms with Gasteiger partial charge in [-0.3, -0.25) is 14.7 Å². The van der Waals surface area contributed by atoms with E-state index in [0.717, 1.165) is 32.3 Å². The summed E-state index contributed by atoms with van der Waals surface area (Å²) in [6.45, 7) is 1.33. The van der Waals surface area contributed by atoms with E-state index in [1.54, 1.807) is 11.8 Å². The molecule has 136 valence electrons. The van der Waals surface area contributed by atoms with Crippen LogP contribution in [-0.4, -0.2) is 29.1 Å². The van der Waals surface area contributed by atoms with Crippen LogP contribution in [0.5, 0.6) is 0 Å². The van der Waals surface area contributed by atoms with E-state index in [1.807, 2.05) is 53.4 Å². The van der Waals surface area contributed by atoms with Gasteiger partial charge in [-0.2, -0.15) is 0 Å². The molecule has 4 rings (SSSR count). The van der Waals surface area contributed by atoms with Crippen molar-refractivity contribution in [3.8, 4) is 0 Å². The molecule has 0 radical (unpaired) electrons. The van der Waals surface area contributed by atoms with Crippen LogP contribution in [0.3, 0.4) is 0 Å². The zero-order valence-corrected chi connectivity index (χ0v) is 16.3. The second-order valence-electron chi connectivity index (χ2n) is 6.44. The van der Waals surface area contributed by atoms with Gasteiger partial charge in [0.15, 0.2) is 5.17 Å². The second-order valence-corrected chi connectivity index (χ2v) is 7.82. The lowest BCUT2D eigenvalue weighted by Gasteiger charge is -2.18. The summed E-state index contributed by atoms with van der Waals surface area (Å²) in [5, 5.41) is 3.85. The first-order chi connectivity index (χ1) is 13.2. The number of aliphatic imine (C=N–C) groups is 1. The highest BCUT2D eigenvalue weighted by atomic mass is 35.5. The lowest BCUT2D eigenvalue weighted by Crippen LogP contribution is -2.34. The fourth-order valence-corrected chi connectivity index (χ4v) is 4.36. The van der Waals surface area contributed by atoms with Gasteiger partial charge in [0.25, 0.3) is 0 Å². The molecule has 0 aromatic heterocycles. The van der Waals surface area contributed by atoms with E-state index in [2.05, 4.69) is 23.2 Å². The number of thioether (sulfide) groups is 1. The van der Waals surface area contributed by atoms with Gasteiger partial charge in [0, 0.05) is 17.3 Å². The third kappa shape index (κ3) is 4.18. The third-order valence-electron chi connectivity index (χ3n) is 4.61. The molecule has 27 heavy (non-hydrogen) atoms. The molecule has 0 atom stereocenters. The zero-order valence-electron chi connectivity index (χ0n) is 14.8. The van der Waals surface area contributed by atoms with E-state index in [9.17, 15) is 4.79 Å². The Bertz CT molecular complexity index is 995. The van der Waals surface area contributed by atoms with Crippen molar-refractivity contribution in [3.05, 3.63) is 82.9 Å². The lowest BCUT2D eigenvalue weighted by atomic mass is 10.0. The number of fused-ring (bicyclic) bond motifs is 1. The zero-order chi connectivity index (χ0) is 18.6. The van der Waals surface area contributed by atoms with Crippen molar-refractivity contribution < 1.29 is 4.79 Å². The summed E-state index contributed by atoms with van der Waals surface area (Å²) >= 11 is 7.54. The molecule has 0 N–H and O–H groups in total. The molecule has 0 unspecified atom stereocenters. The maximum absolute atomic E-state index is 12.9. The minimum Gasteiger partial charge on any atom is -0.289 e. The molecule has 0 bridgehead atoms. The summed E-state index contributed by atoms with van der Waals surface area (Å²) in [6, 6.07) is 22.1. The fraction of sp³-hybridized carbons (Fsp3) is 0.182. The van der Waals surface area contributed by atoms with Crippen molar-refractivity contribution >= 4 is 45.2 Å². The van der Waals surface area contributed by atoms with Crippen LogP contribution in [-0.2, 0) is 17.0 Å². The molecule has 1 amide bonds. The Morgan fingerprint density at radius 3 is 2.67 bits per heavy atom. The maximum Gasteiger partial charge on any atom is 0.233 e. The Balaban J connectivity index is 1.45. The molecular weight excluding hydrogens is 376 g/mol. The van der Waals surface area contributed by atoms with Gasteiger partial charge >= 0.3 is 0 Å². The van der Waals surface area contributed by atoms with Gasteiger partial charge in [-0.1, -0.05) is 78.0 Å². The SMILES string of the molecule is O=C(Cc1cccc2ccccc12)N1CCN=C1SCc1ccc(Cl)cc1. The molecule has 1 aliphatic rings. The molecule has 3 aromatic rings. The average molecular weight is 395 g/mol. The van der Waals surface area contributed by atoms with Crippen LogP contribution >= 0.6 is 23.4 Å². The largest absolute Gasteiger partial charge is 0.289 e. The van der Waals surface area contributed by atoms with Crippen molar-refractivity contribution in [3.63, 3.8) is 0 Å². The topological polar surface area (TPSA) is 32.7 Å². The van der Waals surface area contributed by atoms with E-state index >= 15 is 0 Å². The average Bonchev–Trinajstić information content (AvgIpc) is 3.17. The van der Waals surface area contributed by atoms with Gasteiger partial charge in [0.2, 0.25) is 5.91 Å². The number of halogens is 1. The smallest absolute Gasteiger partial charge is 0.233 e. The molecule has 3 aromatic carbocycles. The quantitative estimate of drug-likeness (QED) is 0.611. The Kier molecular flexibility index (Phi) is 5.46. The van der Waals surface area contributed by atoms with Crippen LogP contribution < -0.4 is 0 Å². The van der Waals surface area contributed by atoms with Gasteiger partial charge in [-0.05, 0) is 34.0 Å². The van der Waals surface area contributed by atoms with Crippen LogP contribution in [0.15, 0.2) is 71.7 Å². The Hall–Kier alpha value is -2.30. The molecule has 3 nitrogen and oxygen atoms in total. The Morgan fingerprint density at radius 1 is 1.04 bits per heavy atom. The van der Waals surface area contributed by atoms with Crippen LogP contribution in [0, 0.1) is 0 Å². The number of hydrogen-bond acceptors (Lipinski definition) is 3. The Morgan fingerprint density at radius 2 is 1.81 bits per heavy atom. The van der Waals surface area contributed by atoms with Crippen molar-refractivity contribution in [2.24, 2.45) is 4.99 Å². The van der Waals surface area contributed by atoms with E-state index in [-0.39, 0.29) is 5.91 Å². The first-order valence-corrected chi connectivity index (χ1v) is 10.3. The number of carbonyl (C=O) groups excluding carboxylic acids is 1. The van der Waals surface area contributed by atoms with E-state index in [0.29, 0.717) is 19.5 Å². The predicted octanol–water partition coefficient (Wildman–Crippen LogP) is 5.17. The van der Waals surface area contributed by atoms with E-state index < -0.39 is 0 Å². The van der Waals surface area contributed by atoms with Crippen LogP contribution in [0.2, 0.25) is 5.02 Å². The summed E-state index contributed by atoms with van der Waals surface area (Å²) in [6.07, 6.45) is 0.391. The molecular formula is C22H19ClN2OS. The first kappa shape index (κ1) is 18.1. The molecule has 0 spiro atoms. The van der Waals surface area contributed by atoms with Gasteiger partial charge in [-0.25, -0.2) is 0 Å². The van der Waals surface area contributed by atoms with Gasteiger partial charge in [0.1, 0.15) is 0 Å². The van der Waals surface area contributed by atoms with E-state index in [1.165, 1.54) is 5.56 Å². The van der Waals surface area contributed by atoms with Crippen molar-refractivity contribution in [1.82, 2.24) is 4.90 Å². The molecule has 5 heteroatoms. The van der Waals surface area contributed by atoms with Crippen LogP contribution in [0.1, 0.15) is 11.1 Å². The van der Waals surface area contributed by atoms with Crippen LogP contribution in [0.25, 0.3) is 10.8 Å². The summed E-state index contributed by atoms with van der Waals surface area (Å²) in [7, 11) is 0. The maximum atomic E-state index is 12.9. The number of carbonyl (C=O) groups is 1. The minimum atomic E-state index is 0.103. The number of amidine groups is 1. The third-order valence-corrected chi connectivity index (χ3v) is 5.94. The highest BCUT2D eigenvalue weighted by molar-refractivity contribution is 8.13. The number of rotatable bonds is 4. The molecule has 1 heterocycles. The van der Waals surface area contributed by atoms with Gasteiger partial charge in [-0.15, -0.1) is 0 Å². The molecule has 0 aliphatic carbocycles. The fourth-order valence-electron chi connectivity index (χ4n) is 3.22. The van der Waals surface area contributed by atoms with Crippen LogP contribution in [0.4, 0.5) is 0 Å².